The van der Waals surface area contributed by atoms with Gasteiger partial charge in [-0.05, 0) is 102 Å². The SMILES string of the molecule is CCC(C(=O)[C@@H](C)[C@@H](O)[C@H](C)[C@@H]1O[C@@H]([C@@H](CC)C(=O)O)CC[C@@H]1C)[C@H]1O[C@]2(C=C[C@@H](NC(=O)C3CCCCC3)[C@]3(CC[C@@](C)([C@H]4CC[C@](O)(CC)[C@H](C)O4)O3)O2)[C@H](C)C[C@@H]1C. The van der Waals surface area contributed by atoms with E-state index in [1.54, 1.807) is 6.92 Å². The average Bonchev–Trinajstić information content (AvgIpc) is 3.58. The molecule has 12 nitrogen and oxygen atoms in total. The first-order valence-electron chi connectivity index (χ1n) is 24.3. The van der Waals surface area contributed by atoms with Crippen LogP contribution in [-0.4, -0.2) is 98.4 Å². The zero-order valence-corrected chi connectivity index (χ0v) is 39.0. The molecule has 1 unspecified atom stereocenters. The molecule has 1 saturated carbocycles. The van der Waals surface area contributed by atoms with Crippen LogP contribution >= 0.6 is 0 Å². The number of nitrogens with one attached hydrogen (secondary N) is 1. The van der Waals surface area contributed by atoms with E-state index in [4.69, 9.17) is 23.7 Å². The van der Waals surface area contributed by atoms with Crippen LogP contribution in [0.5, 0.6) is 0 Å². The van der Waals surface area contributed by atoms with Crippen molar-refractivity contribution in [1.82, 2.24) is 5.32 Å². The average molecular weight is 860 g/mol. The first kappa shape index (κ1) is 48.5. The fourth-order valence-corrected chi connectivity index (χ4v) is 12.3. The molecule has 0 bridgehead atoms. The van der Waals surface area contributed by atoms with Crippen LogP contribution in [0.4, 0.5) is 0 Å². The van der Waals surface area contributed by atoms with E-state index in [0.717, 1.165) is 38.5 Å². The third kappa shape index (κ3) is 9.58. The second kappa shape index (κ2) is 19.3. The van der Waals surface area contributed by atoms with Gasteiger partial charge in [0.25, 0.3) is 0 Å². The molecular weight excluding hydrogens is 779 g/mol. The van der Waals surface area contributed by atoms with Crippen LogP contribution in [0.25, 0.3) is 0 Å². The molecule has 18 atom stereocenters. The minimum atomic E-state index is -1.27. The molecule has 0 radical (unpaired) electrons. The Morgan fingerprint density at radius 1 is 0.836 bits per heavy atom. The standard InChI is InChI=1S/C49H81NO11/c1-11-35(45(54)55)37-20-19-28(4)42(58-37)32(8)40(51)31(7)41(52)36(12-2)43-29(5)27-30(6)48(59-43)24-21-38(50-44(53)34-17-15-14-16-18-34)49(61-48)26-25-46(10,60-49)39-22-23-47(56,13-3)33(9)57-39/h21,24,28-40,42-43,51,56H,11-20,22-23,25-27H2,1-10H3,(H,50,53)(H,54,55)/t28-,29-,30+,31-,32-,33-,35+,36?,37+,38+,39+,40+,42+,43-,46-,47+,48-,49-/m0/s1. The van der Waals surface area contributed by atoms with Gasteiger partial charge < -0.3 is 44.3 Å². The van der Waals surface area contributed by atoms with Crippen LogP contribution in [0.15, 0.2) is 12.2 Å². The van der Waals surface area contributed by atoms with Crippen molar-refractivity contribution in [1.29, 1.82) is 0 Å². The molecule has 348 valence electrons. The van der Waals surface area contributed by atoms with Crippen molar-refractivity contribution in [3.8, 4) is 0 Å². The van der Waals surface area contributed by atoms with E-state index in [2.05, 4.69) is 33.0 Å². The number of hydrogen-bond acceptors (Lipinski definition) is 10. The number of carbonyl (C=O) groups excluding carboxylic acids is 2. The van der Waals surface area contributed by atoms with Crippen molar-refractivity contribution in [2.75, 3.05) is 0 Å². The topological polar surface area (TPSA) is 170 Å². The zero-order valence-electron chi connectivity index (χ0n) is 39.0. The van der Waals surface area contributed by atoms with Gasteiger partial charge in [-0.3, -0.25) is 14.4 Å². The molecular formula is C49H81NO11. The molecule has 61 heavy (non-hydrogen) atoms. The lowest BCUT2D eigenvalue weighted by Crippen LogP contribution is -2.66. The van der Waals surface area contributed by atoms with Gasteiger partial charge in [0.05, 0.1) is 53.7 Å². The number of ether oxygens (including phenoxy) is 5. The van der Waals surface area contributed by atoms with Gasteiger partial charge in [-0.15, -0.1) is 0 Å². The van der Waals surface area contributed by atoms with Gasteiger partial charge in [0.15, 0.2) is 11.6 Å². The summed E-state index contributed by atoms with van der Waals surface area (Å²) in [6.07, 6.45) is 12.0. The quantitative estimate of drug-likeness (QED) is 0.125. The van der Waals surface area contributed by atoms with Gasteiger partial charge in [0.1, 0.15) is 11.8 Å². The van der Waals surface area contributed by atoms with Gasteiger partial charge in [0, 0.05) is 36.0 Å². The number of amides is 1. The number of carboxylic acid groups (broad SMARTS) is 1. The summed E-state index contributed by atoms with van der Waals surface area (Å²) in [5.41, 5.74) is -1.65. The highest BCUT2D eigenvalue weighted by molar-refractivity contribution is 5.84. The molecule has 4 saturated heterocycles. The van der Waals surface area contributed by atoms with Crippen LogP contribution in [-0.2, 0) is 38.1 Å². The number of Topliss-reactive ketones (excluding diaryl/α,β-unsaturated/α-hetero) is 1. The van der Waals surface area contributed by atoms with Crippen molar-refractivity contribution < 1.29 is 53.4 Å². The summed E-state index contributed by atoms with van der Waals surface area (Å²) in [5.74, 6) is -5.80. The van der Waals surface area contributed by atoms with Crippen LogP contribution < -0.4 is 5.32 Å². The summed E-state index contributed by atoms with van der Waals surface area (Å²) in [7, 11) is 0. The van der Waals surface area contributed by atoms with Gasteiger partial charge in [-0.1, -0.05) is 80.7 Å². The third-order valence-corrected chi connectivity index (χ3v) is 16.8. The Balaban J connectivity index is 1.24. The van der Waals surface area contributed by atoms with Gasteiger partial charge in [-0.25, -0.2) is 0 Å². The molecule has 6 rings (SSSR count). The first-order chi connectivity index (χ1) is 28.8. The number of carboxylic acids is 1. The Morgan fingerprint density at radius 3 is 2.15 bits per heavy atom. The van der Waals surface area contributed by atoms with Crippen molar-refractivity contribution in [3.63, 3.8) is 0 Å². The minimum Gasteiger partial charge on any atom is -0.481 e. The summed E-state index contributed by atoms with van der Waals surface area (Å²) in [6, 6.07) is -0.580. The molecule has 5 fully saturated rings. The predicted octanol–water partition coefficient (Wildman–Crippen LogP) is 7.89. The van der Waals surface area contributed by atoms with E-state index in [1.165, 1.54) is 0 Å². The fourth-order valence-electron chi connectivity index (χ4n) is 12.3. The summed E-state index contributed by atoms with van der Waals surface area (Å²) in [6.45, 7) is 19.8. The molecule has 0 aromatic rings. The molecule has 4 N–H and O–H groups in total. The minimum absolute atomic E-state index is 0.00151. The molecule has 1 aliphatic carbocycles. The number of aliphatic carboxylic acids is 1. The Morgan fingerprint density at radius 2 is 1.52 bits per heavy atom. The summed E-state index contributed by atoms with van der Waals surface area (Å²) in [5, 5.41) is 36.3. The molecule has 5 heterocycles. The van der Waals surface area contributed by atoms with Crippen LogP contribution in [0, 0.1) is 47.3 Å². The van der Waals surface area contributed by atoms with E-state index in [1.807, 2.05) is 46.8 Å². The lowest BCUT2D eigenvalue weighted by Gasteiger charge is -2.55. The lowest BCUT2D eigenvalue weighted by atomic mass is 9.72. The van der Waals surface area contributed by atoms with E-state index in [0.29, 0.717) is 57.8 Å². The van der Waals surface area contributed by atoms with Crippen molar-refractivity contribution in [2.45, 2.75) is 231 Å². The number of aliphatic hydroxyl groups is 2. The molecule has 12 heteroatoms. The Labute approximate surface area is 366 Å². The van der Waals surface area contributed by atoms with Crippen molar-refractivity contribution in [3.05, 3.63) is 12.2 Å². The van der Waals surface area contributed by atoms with Gasteiger partial charge in [0.2, 0.25) is 5.91 Å². The largest absolute Gasteiger partial charge is 0.481 e. The highest BCUT2D eigenvalue weighted by atomic mass is 16.8. The normalized spacial score (nSPS) is 43.4. The van der Waals surface area contributed by atoms with E-state index < -0.39 is 76.8 Å². The Kier molecular flexibility index (Phi) is 15.3. The molecule has 5 aliphatic heterocycles. The molecule has 0 aromatic heterocycles. The summed E-state index contributed by atoms with van der Waals surface area (Å²) < 4.78 is 34.8. The summed E-state index contributed by atoms with van der Waals surface area (Å²) in [4.78, 5) is 40.6. The van der Waals surface area contributed by atoms with E-state index in [9.17, 15) is 29.7 Å². The van der Waals surface area contributed by atoms with Gasteiger partial charge in [-0.2, -0.15) is 0 Å². The first-order valence-corrected chi connectivity index (χ1v) is 24.3. The number of hydrogen-bond donors (Lipinski definition) is 4. The maximum atomic E-state index is 14.7. The second-order valence-electron chi connectivity index (χ2n) is 20.8. The second-order valence-corrected chi connectivity index (χ2v) is 20.8. The summed E-state index contributed by atoms with van der Waals surface area (Å²) >= 11 is 0. The zero-order chi connectivity index (χ0) is 44.7. The van der Waals surface area contributed by atoms with Crippen molar-refractivity contribution >= 4 is 17.7 Å². The maximum Gasteiger partial charge on any atom is 0.309 e. The smallest absolute Gasteiger partial charge is 0.309 e. The Hall–Kier alpha value is -1.93. The van der Waals surface area contributed by atoms with Crippen LogP contribution in [0.1, 0.15) is 166 Å². The van der Waals surface area contributed by atoms with Crippen molar-refractivity contribution in [2.24, 2.45) is 47.3 Å². The lowest BCUT2D eigenvalue weighted by molar-refractivity contribution is -0.398. The monoisotopic (exact) mass is 860 g/mol. The number of aliphatic hydroxyl groups excluding tert-OH is 1. The number of rotatable bonds is 14. The third-order valence-electron chi connectivity index (χ3n) is 16.8. The van der Waals surface area contributed by atoms with Gasteiger partial charge >= 0.3 is 5.97 Å². The highest BCUT2D eigenvalue weighted by Crippen LogP contribution is 2.54. The van der Waals surface area contributed by atoms with E-state index in [-0.39, 0.29) is 53.7 Å². The maximum absolute atomic E-state index is 14.7. The molecule has 0 aromatic carbocycles. The molecule has 6 aliphatic rings. The fraction of sp³-hybridized carbons (Fsp3) is 0.898. The molecule has 1 amide bonds. The van der Waals surface area contributed by atoms with E-state index >= 15 is 0 Å². The highest BCUT2D eigenvalue weighted by Gasteiger charge is 2.63. The molecule has 2 spiro atoms. The predicted molar refractivity (Wildman–Crippen MR) is 231 cm³/mol. The Bertz CT molecular complexity index is 1570. The van der Waals surface area contributed by atoms with Crippen LogP contribution in [0.2, 0.25) is 0 Å². The number of carbonyl (C=O) groups is 3. The number of ketones is 1. The van der Waals surface area contributed by atoms with Crippen LogP contribution in [0.3, 0.4) is 0 Å².